The number of nitrogens with zero attached hydrogens (tertiary/aromatic N) is 4. The molecule has 228 valence electrons. The Labute approximate surface area is 245 Å². The van der Waals surface area contributed by atoms with Gasteiger partial charge >= 0.3 is 5.69 Å². The lowest BCUT2D eigenvalue weighted by atomic mass is 10.2. The Hall–Kier alpha value is -3.97. The van der Waals surface area contributed by atoms with Gasteiger partial charge in [-0.2, -0.15) is 8.42 Å². The predicted molar refractivity (Wildman–Crippen MR) is 160 cm³/mol. The van der Waals surface area contributed by atoms with Crippen LogP contribution in [0.4, 0.5) is 5.69 Å². The molecule has 2 aromatic heterocycles. The Morgan fingerprint density at radius 3 is 2.21 bits per heavy atom. The highest BCUT2D eigenvalue weighted by molar-refractivity contribution is 7.92. The summed E-state index contributed by atoms with van der Waals surface area (Å²) in [4.78, 5) is 16.8. The molecule has 0 spiro atoms. The van der Waals surface area contributed by atoms with Crippen LogP contribution >= 0.6 is 0 Å². The summed E-state index contributed by atoms with van der Waals surface area (Å²) in [6.07, 6.45) is 4.49. The molecule has 0 amide bonds. The topological polar surface area (TPSA) is 128 Å². The smallest absolute Gasteiger partial charge is 0.328 e. The highest BCUT2D eigenvalue weighted by atomic mass is 32.2. The second-order valence-electron chi connectivity index (χ2n) is 10.4. The lowest BCUT2D eigenvalue weighted by Crippen LogP contribution is -2.19. The number of methoxy groups -OCH3 is 1. The number of rotatable bonds is 15. The summed E-state index contributed by atoms with van der Waals surface area (Å²) >= 11 is 0. The first-order valence-electron chi connectivity index (χ1n) is 13.8. The lowest BCUT2D eigenvalue weighted by molar-refractivity contribution is 0.172. The van der Waals surface area contributed by atoms with Gasteiger partial charge in [-0.15, -0.1) is 0 Å². The number of imidazole rings is 2. The van der Waals surface area contributed by atoms with Crippen molar-refractivity contribution in [1.29, 1.82) is 0 Å². The van der Waals surface area contributed by atoms with Crippen LogP contribution in [0.3, 0.4) is 0 Å². The molecule has 4 aromatic rings. The molecule has 1 N–H and O–H groups in total. The first kappa shape index (κ1) is 31.0. The van der Waals surface area contributed by atoms with E-state index in [0.717, 1.165) is 6.42 Å². The minimum Gasteiger partial charge on any atom is -0.493 e. The molecule has 0 atom stereocenters. The van der Waals surface area contributed by atoms with Crippen molar-refractivity contribution in [2.45, 2.75) is 45.2 Å². The van der Waals surface area contributed by atoms with Gasteiger partial charge in [0.05, 0.1) is 36.3 Å². The van der Waals surface area contributed by atoms with Crippen LogP contribution in [-0.2, 0) is 35.4 Å². The second kappa shape index (κ2) is 13.3. The monoisotopic (exact) mass is 601 g/mol. The van der Waals surface area contributed by atoms with Crippen molar-refractivity contribution in [3.8, 4) is 23.0 Å². The van der Waals surface area contributed by atoms with Crippen LogP contribution < -0.4 is 24.6 Å². The van der Waals surface area contributed by atoms with E-state index in [9.17, 15) is 13.2 Å². The number of aryl methyl sites for hydroxylation is 2. The maximum Gasteiger partial charge on any atom is 0.328 e. The van der Waals surface area contributed by atoms with E-state index in [0.29, 0.717) is 67.0 Å². The largest absolute Gasteiger partial charge is 0.493 e. The molecule has 2 aromatic carbocycles. The van der Waals surface area contributed by atoms with E-state index in [1.807, 2.05) is 20.8 Å². The molecule has 4 rings (SSSR count). The van der Waals surface area contributed by atoms with Gasteiger partial charge in [0.15, 0.2) is 10.8 Å². The van der Waals surface area contributed by atoms with E-state index < -0.39 is 10.0 Å². The number of nitrogens with one attached hydrogen (secondary N) is 1. The Bertz CT molecular complexity index is 1690. The SMILES string of the molecule is CCCOc1cc(OCCCOC)cc(Oc2cc3c(cc2NS(=O)(=O)c2cn(CC(C)C)cn2)n(C)c(=O)n3C)c1. The van der Waals surface area contributed by atoms with Crippen LogP contribution in [0.2, 0.25) is 0 Å². The number of aromatic nitrogens is 4. The molecule has 0 aliphatic heterocycles. The molecule has 0 saturated heterocycles. The maximum absolute atomic E-state index is 13.4. The fourth-order valence-corrected chi connectivity index (χ4v) is 5.41. The zero-order chi connectivity index (χ0) is 30.4. The Balaban J connectivity index is 1.75. The molecule has 0 aliphatic carbocycles. The summed E-state index contributed by atoms with van der Waals surface area (Å²) < 4.78 is 57.3. The van der Waals surface area contributed by atoms with E-state index in [-0.39, 0.29) is 22.2 Å². The number of benzene rings is 2. The Kier molecular flexibility index (Phi) is 9.84. The molecule has 13 heteroatoms. The van der Waals surface area contributed by atoms with E-state index in [2.05, 4.69) is 9.71 Å². The maximum atomic E-state index is 13.4. The molecular formula is C29H39N5O7S. The van der Waals surface area contributed by atoms with Gasteiger partial charge in [-0.25, -0.2) is 9.78 Å². The van der Waals surface area contributed by atoms with Crippen molar-refractivity contribution in [3.63, 3.8) is 0 Å². The molecule has 0 bridgehead atoms. The van der Waals surface area contributed by atoms with Crippen LogP contribution in [0.15, 0.2) is 52.7 Å². The van der Waals surface area contributed by atoms with Crippen molar-refractivity contribution in [3.05, 3.63) is 53.3 Å². The van der Waals surface area contributed by atoms with Crippen LogP contribution in [0.25, 0.3) is 11.0 Å². The Morgan fingerprint density at radius 1 is 0.929 bits per heavy atom. The van der Waals surface area contributed by atoms with Crippen LogP contribution in [0, 0.1) is 5.92 Å². The molecule has 42 heavy (non-hydrogen) atoms. The highest BCUT2D eigenvalue weighted by Crippen LogP contribution is 2.37. The highest BCUT2D eigenvalue weighted by Gasteiger charge is 2.23. The standard InChI is InChI=1S/C29H39N5O7S/c1-7-9-39-21-12-22(40-11-8-10-38-6)14-23(13-21)41-27-16-26-25(32(4)29(35)33(26)5)15-24(27)31-42(36,37)28-18-34(19-30-28)17-20(2)3/h12-16,18-20,31H,7-11,17H2,1-6H3. The summed E-state index contributed by atoms with van der Waals surface area (Å²) in [6.45, 7) is 8.19. The van der Waals surface area contributed by atoms with Crippen molar-refractivity contribution >= 4 is 26.7 Å². The van der Waals surface area contributed by atoms with Gasteiger partial charge in [0.25, 0.3) is 10.0 Å². The van der Waals surface area contributed by atoms with Gasteiger partial charge in [-0.1, -0.05) is 20.8 Å². The van der Waals surface area contributed by atoms with Gasteiger partial charge in [-0.3, -0.25) is 13.9 Å². The molecule has 2 heterocycles. The number of fused-ring (bicyclic) bond motifs is 1. The summed E-state index contributed by atoms with van der Waals surface area (Å²) in [5, 5.41) is -0.127. The minimum absolute atomic E-state index is 0.127. The molecule has 0 aliphatic rings. The lowest BCUT2D eigenvalue weighted by Gasteiger charge is -2.16. The summed E-state index contributed by atoms with van der Waals surface area (Å²) in [5.41, 5.74) is 0.978. The number of hydrogen-bond donors (Lipinski definition) is 1. The number of hydrogen-bond acceptors (Lipinski definition) is 8. The quantitative estimate of drug-likeness (QED) is 0.197. The average molecular weight is 602 g/mol. The number of ether oxygens (including phenoxy) is 4. The Morgan fingerprint density at radius 2 is 1.57 bits per heavy atom. The van der Waals surface area contributed by atoms with Crippen molar-refractivity contribution in [2.75, 3.05) is 31.7 Å². The predicted octanol–water partition coefficient (Wildman–Crippen LogP) is 4.53. The fourth-order valence-electron chi connectivity index (χ4n) is 4.40. The molecule has 0 fully saturated rings. The first-order chi connectivity index (χ1) is 20.0. The van der Waals surface area contributed by atoms with Crippen LogP contribution in [0.5, 0.6) is 23.0 Å². The first-order valence-corrected chi connectivity index (χ1v) is 15.3. The van der Waals surface area contributed by atoms with E-state index in [1.165, 1.54) is 21.7 Å². The zero-order valence-corrected chi connectivity index (χ0v) is 25.7. The third-order valence-corrected chi connectivity index (χ3v) is 7.64. The van der Waals surface area contributed by atoms with E-state index in [1.54, 1.807) is 56.1 Å². The second-order valence-corrected chi connectivity index (χ2v) is 12.1. The fraction of sp³-hybridized carbons (Fsp3) is 0.448. The molecule has 0 radical (unpaired) electrons. The van der Waals surface area contributed by atoms with E-state index in [4.69, 9.17) is 18.9 Å². The van der Waals surface area contributed by atoms with Gasteiger partial charge in [0.1, 0.15) is 17.2 Å². The van der Waals surface area contributed by atoms with Gasteiger partial charge in [0.2, 0.25) is 0 Å². The third-order valence-electron chi connectivity index (χ3n) is 6.39. The normalized spacial score (nSPS) is 11.8. The zero-order valence-electron chi connectivity index (χ0n) is 24.9. The van der Waals surface area contributed by atoms with Crippen molar-refractivity contribution in [1.82, 2.24) is 18.7 Å². The molecule has 0 saturated carbocycles. The van der Waals surface area contributed by atoms with Gasteiger partial charge < -0.3 is 23.5 Å². The molecule has 0 unspecified atom stereocenters. The number of anilines is 1. The van der Waals surface area contributed by atoms with Gasteiger partial charge in [0, 0.05) is 71.2 Å². The molecule has 12 nitrogen and oxygen atoms in total. The number of sulfonamides is 1. The minimum atomic E-state index is -4.09. The summed E-state index contributed by atoms with van der Waals surface area (Å²) in [7, 11) is 0.809. The summed E-state index contributed by atoms with van der Waals surface area (Å²) in [5.74, 6) is 1.94. The summed E-state index contributed by atoms with van der Waals surface area (Å²) in [6, 6.07) is 8.39. The third kappa shape index (κ3) is 7.26. The molecular weight excluding hydrogens is 562 g/mol. The van der Waals surface area contributed by atoms with Crippen LogP contribution in [-0.4, -0.2) is 54.0 Å². The van der Waals surface area contributed by atoms with E-state index >= 15 is 0 Å². The van der Waals surface area contributed by atoms with Crippen molar-refractivity contribution < 1.29 is 27.4 Å². The average Bonchev–Trinajstić information content (AvgIpc) is 3.49. The van der Waals surface area contributed by atoms with Crippen LogP contribution in [0.1, 0.15) is 33.6 Å². The van der Waals surface area contributed by atoms with Crippen molar-refractivity contribution in [2.24, 2.45) is 20.0 Å². The van der Waals surface area contributed by atoms with Gasteiger partial charge in [-0.05, 0) is 18.4 Å².